The van der Waals surface area contributed by atoms with Gasteiger partial charge in [0.1, 0.15) is 0 Å². The number of rotatable bonds is 5. The molecule has 15 heavy (non-hydrogen) atoms. The minimum atomic E-state index is 0.498. The van der Waals surface area contributed by atoms with E-state index in [1.807, 2.05) is 19.1 Å². The van der Waals surface area contributed by atoms with Crippen molar-refractivity contribution >= 4 is 0 Å². The summed E-state index contributed by atoms with van der Waals surface area (Å²) in [5.41, 5.74) is 1.01. The lowest BCUT2D eigenvalue weighted by Crippen LogP contribution is -1.94. The maximum absolute atomic E-state index is 5.23. The second kappa shape index (κ2) is 5.10. The minimum Gasteiger partial charge on any atom is -0.493 e. The van der Waals surface area contributed by atoms with E-state index in [0.29, 0.717) is 17.2 Å². The van der Waals surface area contributed by atoms with Crippen molar-refractivity contribution in [1.29, 1.82) is 0 Å². The molecule has 0 heterocycles. The number of hydrogen-bond acceptors (Lipinski definition) is 3. The number of methoxy groups -OCH3 is 1. The minimum absolute atomic E-state index is 0.498. The maximum atomic E-state index is 5.23. The summed E-state index contributed by atoms with van der Waals surface area (Å²) < 4.78 is 15.6. The molecule has 0 bridgehead atoms. The molecular weight excluding hydrogens is 192 g/mol. The van der Waals surface area contributed by atoms with Gasteiger partial charge in [0.25, 0.3) is 0 Å². The number of ether oxygens (including phenoxy) is 3. The van der Waals surface area contributed by atoms with Crippen molar-refractivity contribution in [2.45, 2.75) is 6.92 Å². The molecule has 3 nitrogen and oxygen atoms in total. The Morgan fingerprint density at radius 3 is 2.20 bits per heavy atom. The quantitative estimate of drug-likeness (QED) is 0.693. The van der Waals surface area contributed by atoms with Crippen molar-refractivity contribution in [3.05, 3.63) is 43.4 Å². The van der Waals surface area contributed by atoms with E-state index < -0.39 is 0 Å². The first kappa shape index (κ1) is 11.2. The van der Waals surface area contributed by atoms with E-state index in [0.717, 1.165) is 5.56 Å². The van der Waals surface area contributed by atoms with Gasteiger partial charge in [0.15, 0.2) is 11.5 Å². The van der Waals surface area contributed by atoms with Crippen molar-refractivity contribution in [3.63, 3.8) is 0 Å². The van der Waals surface area contributed by atoms with Crippen molar-refractivity contribution in [2.24, 2.45) is 0 Å². The number of hydrogen-bond donors (Lipinski definition) is 0. The molecular formula is C12H14O3. The van der Waals surface area contributed by atoms with Gasteiger partial charge in [0, 0.05) is 0 Å². The Morgan fingerprint density at radius 2 is 1.67 bits per heavy atom. The van der Waals surface area contributed by atoms with Crippen molar-refractivity contribution in [3.8, 4) is 17.2 Å². The predicted octanol–water partition coefficient (Wildman–Crippen LogP) is 3.05. The van der Waals surface area contributed by atoms with Crippen LogP contribution < -0.4 is 14.2 Å². The standard InChI is InChI=1S/C12H14O3/c1-5-14-11-8-9(3)7-10(13-4)12(11)15-6-2/h5-8H,1-2H2,3-4H3. The lowest BCUT2D eigenvalue weighted by Gasteiger charge is -2.12. The monoisotopic (exact) mass is 206 g/mol. The zero-order valence-corrected chi connectivity index (χ0v) is 8.95. The first-order valence-electron chi connectivity index (χ1n) is 4.46. The largest absolute Gasteiger partial charge is 0.493 e. The Balaban J connectivity index is 3.25. The summed E-state index contributed by atoms with van der Waals surface area (Å²) in [5.74, 6) is 1.66. The molecule has 0 atom stereocenters. The van der Waals surface area contributed by atoms with E-state index in [1.54, 1.807) is 7.11 Å². The van der Waals surface area contributed by atoms with E-state index in [-0.39, 0.29) is 0 Å². The topological polar surface area (TPSA) is 27.7 Å². The number of benzene rings is 1. The average Bonchev–Trinajstić information content (AvgIpc) is 2.22. The Labute approximate surface area is 89.6 Å². The Bertz CT molecular complexity index is 369. The van der Waals surface area contributed by atoms with Crippen LogP contribution in [0.4, 0.5) is 0 Å². The molecule has 0 unspecified atom stereocenters. The Kier molecular flexibility index (Phi) is 3.80. The molecule has 0 N–H and O–H groups in total. The molecule has 1 aromatic rings. The van der Waals surface area contributed by atoms with Crippen molar-refractivity contribution in [2.75, 3.05) is 7.11 Å². The highest BCUT2D eigenvalue weighted by Gasteiger charge is 2.12. The van der Waals surface area contributed by atoms with Crippen molar-refractivity contribution < 1.29 is 14.2 Å². The van der Waals surface area contributed by atoms with E-state index in [4.69, 9.17) is 14.2 Å². The molecule has 0 spiro atoms. The van der Waals surface area contributed by atoms with Crippen LogP contribution in [0.25, 0.3) is 0 Å². The van der Waals surface area contributed by atoms with Gasteiger partial charge in [-0.1, -0.05) is 13.2 Å². The van der Waals surface area contributed by atoms with Gasteiger partial charge in [-0.3, -0.25) is 0 Å². The normalized spacial score (nSPS) is 9.20. The highest BCUT2D eigenvalue weighted by molar-refractivity contribution is 5.54. The van der Waals surface area contributed by atoms with Crippen LogP contribution in [0.1, 0.15) is 5.56 Å². The fourth-order valence-electron chi connectivity index (χ4n) is 1.24. The van der Waals surface area contributed by atoms with Crippen LogP contribution in [0.5, 0.6) is 17.2 Å². The van der Waals surface area contributed by atoms with E-state index in [9.17, 15) is 0 Å². The fraction of sp³-hybridized carbons (Fsp3) is 0.167. The van der Waals surface area contributed by atoms with Crippen LogP contribution in [-0.4, -0.2) is 7.11 Å². The SMILES string of the molecule is C=COc1cc(C)cc(OC)c1OC=C. The molecule has 0 saturated heterocycles. The van der Waals surface area contributed by atoms with Gasteiger partial charge in [-0.05, 0) is 24.6 Å². The molecule has 0 saturated carbocycles. The smallest absolute Gasteiger partial charge is 0.210 e. The van der Waals surface area contributed by atoms with Crippen LogP contribution in [-0.2, 0) is 0 Å². The second-order valence-corrected chi connectivity index (χ2v) is 2.86. The summed E-state index contributed by atoms with van der Waals surface area (Å²) in [6.07, 6.45) is 2.66. The zero-order chi connectivity index (χ0) is 11.3. The molecule has 1 rings (SSSR count). The van der Waals surface area contributed by atoms with Gasteiger partial charge in [-0.2, -0.15) is 0 Å². The summed E-state index contributed by atoms with van der Waals surface area (Å²) in [7, 11) is 1.57. The molecule has 1 aromatic carbocycles. The molecule has 0 radical (unpaired) electrons. The van der Waals surface area contributed by atoms with Gasteiger partial charge in [0.05, 0.1) is 19.6 Å². The van der Waals surface area contributed by atoms with Gasteiger partial charge >= 0.3 is 0 Å². The van der Waals surface area contributed by atoms with Gasteiger partial charge in [0.2, 0.25) is 5.75 Å². The van der Waals surface area contributed by atoms with Crippen LogP contribution in [0.2, 0.25) is 0 Å². The fourth-order valence-corrected chi connectivity index (χ4v) is 1.24. The average molecular weight is 206 g/mol. The highest BCUT2D eigenvalue weighted by atomic mass is 16.5. The molecule has 80 valence electrons. The molecule has 0 aliphatic carbocycles. The summed E-state index contributed by atoms with van der Waals surface area (Å²) >= 11 is 0. The molecule has 0 aromatic heterocycles. The lowest BCUT2D eigenvalue weighted by molar-refractivity contribution is 0.360. The van der Waals surface area contributed by atoms with E-state index in [1.165, 1.54) is 12.5 Å². The predicted molar refractivity (Wildman–Crippen MR) is 59.4 cm³/mol. The third kappa shape index (κ3) is 2.53. The molecule has 0 aliphatic heterocycles. The zero-order valence-electron chi connectivity index (χ0n) is 8.95. The molecule has 3 heteroatoms. The molecule has 0 aliphatic rings. The van der Waals surface area contributed by atoms with Gasteiger partial charge in [-0.25, -0.2) is 0 Å². The van der Waals surface area contributed by atoms with E-state index >= 15 is 0 Å². The summed E-state index contributed by atoms with van der Waals surface area (Å²) in [6.45, 7) is 8.93. The number of aryl methyl sites for hydroxylation is 1. The van der Waals surface area contributed by atoms with Gasteiger partial charge < -0.3 is 14.2 Å². The van der Waals surface area contributed by atoms with Crippen molar-refractivity contribution in [1.82, 2.24) is 0 Å². The maximum Gasteiger partial charge on any atom is 0.210 e. The van der Waals surface area contributed by atoms with Crippen LogP contribution in [0.15, 0.2) is 37.8 Å². The van der Waals surface area contributed by atoms with Crippen LogP contribution in [0, 0.1) is 6.92 Å². The lowest BCUT2D eigenvalue weighted by atomic mass is 10.2. The Hall–Kier alpha value is -1.90. The highest BCUT2D eigenvalue weighted by Crippen LogP contribution is 2.38. The van der Waals surface area contributed by atoms with Gasteiger partial charge in [-0.15, -0.1) is 0 Å². The molecule has 0 amide bonds. The first-order chi connectivity index (χ1) is 7.22. The first-order valence-corrected chi connectivity index (χ1v) is 4.46. The third-order valence-corrected chi connectivity index (χ3v) is 1.80. The summed E-state index contributed by atoms with van der Waals surface area (Å²) in [5, 5.41) is 0. The summed E-state index contributed by atoms with van der Waals surface area (Å²) in [4.78, 5) is 0. The van der Waals surface area contributed by atoms with Crippen LogP contribution >= 0.6 is 0 Å². The van der Waals surface area contributed by atoms with E-state index in [2.05, 4.69) is 13.2 Å². The third-order valence-electron chi connectivity index (χ3n) is 1.80. The van der Waals surface area contributed by atoms with Crippen LogP contribution in [0.3, 0.4) is 0 Å². The molecule has 0 fully saturated rings. The second-order valence-electron chi connectivity index (χ2n) is 2.86. The Morgan fingerprint density at radius 1 is 1.07 bits per heavy atom. The summed E-state index contributed by atoms with van der Waals surface area (Å²) in [6, 6.07) is 3.69.